The molecule has 2 unspecified atom stereocenters. The fraction of sp³-hybridized carbons (Fsp3) is 0.706. The molecule has 0 spiro atoms. The van der Waals surface area contributed by atoms with E-state index in [0.717, 1.165) is 35.4 Å². The van der Waals surface area contributed by atoms with Crippen LogP contribution in [0.1, 0.15) is 51.5 Å². The Morgan fingerprint density at radius 2 is 2.14 bits per heavy atom. The number of rotatable bonds is 4. The van der Waals surface area contributed by atoms with E-state index in [9.17, 15) is 0 Å². The smallest absolute Gasteiger partial charge is 0.147 e. The van der Waals surface area contributed by atoms with Gasteiger partial charge < -0.3 is 10.2 Å². The van der Waals surface area contributed by atoms with Crippen molar-refractivity contribution in [3.63, 3.8) is 0 Å². The van der Waals surface area contributed by atoms with E-state index in [-0.39, 0.29) is 0 Å². The number of hydrogen-bond donors (Lipinski definition) is 1. The molecule has 2 atom stereocenters. The van der Waals surface area contributed by atoms with Crippen LogP contribution in [0.3, 0.4) is 0 Å². The number of halogens is 1. The molecule has 1 saturated heterocycles. The normalized spacial score (nSPS) is 25.4. The summed E-state index contributed by atoms with van der Waals surface area (Å²) in [5.41, 5.74) is 1.16. The van der Waals surface area contributed by atoms with Crippen molar-refractivity contribution in [2.24, 2.45) is 5.92 Å². The van der Waals surface area contributed by atoms with Gasteiger partial charge in [0, 0.05) is 31.4 Å². The number of pyridine rings is 1. The molecule has 1 aliphatic carbocycles. The fourth-order valence-electron chi connectivity index (χ4n) is 3.82. The van der Waals surface area contributed by atoms with Gasteiger partial charge in [-0.15, -0.1) is 0 Å². The molecule has 1 aromatic heterocycles. The average Bonchev–Trinajstić information content (AvgIpc) is 2.94. The minimum Gasteiger partial charge on any atom is -0.352 e. The van der Waals surface area contributed by atoms with Gasteiger partial charge in [0.1, 0.15) is 5.82 Å². The van der Waals surface area contributed by atoms with Crippen LogP contribution in [0.4, 0.5) is 5.82 Å². The zero-order valence-corrected chi connectivity index (χ0v) is 13.9. The minimum atomic E-state index is 0.477. The van der Waals surface area contributed by atoms with Crippen molar-refractivity contribution in [2.75, 3.05) is 11.4 Å². The summed E-state index contributed by atoms with van der Waals surface area (Å²) in [4.78, 5) is 7.17. The Morgan fingerprint density at radius 1 is 1.33 bits per heavy atom. The first kappa shape index (κ1) is 15.1. The average molecular weight is 308 g/mol. The van der Waals surface area contributed by atoms with E-state index in [0.29, 0.717) is 12.1 Å². The van der Waals surface area contributed by atoms with E-state index in [4.69, 9.17) is 16.6 Å². The van der Waals surface area contributed by atoms with E-state index in [1.54, 1.807) is 0 Å². The summed E-state index contributed by atoms with van der Waals surface area (Å²) in [5, 5.41) is 4.22. The molecule has 21 heavy (non-hydrogen) atoms. The van der Waals surface area contributed by atoms with Crippen LogP contribution >= 0.6 is 11.6 Å². The number of fused-ring (bicyclic) bond motifs is 1. The van der Waals surface area contributed by atoms with Gasteiger partial charge in [0.2, 0.25) is 0 Å². The highest BCUT2D eigenvalue weighted by molar-refractivity contribution is 6.33. The van der Waals surface area contributed by atoms with Crippen LogP contribution in [0.25, 0.3) is 0 Å². The van der Waals surface area contributed by atoms with Gasteiger partial charge in [0.15, 0.2) is 0 Å². The van der Waals surface area contributed by atoms with Gasteiger partial charge in [0.25, 0.3) is 0 Å². The minimum absolute atomic E-state index is 0.477. The lowest BCUT2D eigenvalue weighted by molar-refractivity contribution is 0.360. The third-order valence-electron chi connectivity index (χ3n) is 4.86. The maximum atomic E-state index is 6.54. The van der Waals surface area contributed by atoms with Crippen LogP contribution in [0.2, 0.25) is 5.02 Å². The Hall–Kier alpha value is -0.800. The van der Waals surface area contributed by atoms with Gasteiger partial charge in [-0.05, 0) is 43.2 Å². The molecule has 3 nitrogen and oxygen atoms in total. The third-order valence-corrected chi connectivity index (χ3v) is 5.14. The highest BCUT2D eigenvalue weighted by Gasteiger charge is 2.36. The molecule has 4 heteroatoms. The van der Waals surface area contributed by atoms with E-state index >= 15 is 0 Å². The van der Waals surface area contributed by atoms with Crippen LogP contribution in [-0.4, -0.2) is 23.6 Å². The van der Waals surface area contributed by atoms with Gasteiger partial charge in [0.05, 0.1) is 5.02 Å². The SMILES string of the molecule is CC(C)NCc1cnc(N2CCCC3CCCC32)c(Cl)c1. The standard InChI is InChI=1S/C17H26ClN3/c1-12(2)19-10-13-9-15(18)17(20-11-13)21-8-4-6-14-5-3-7-16(14)21/h9,11-12,14,16,19H,3-8,10H2,1-2H3. The van der Waals surface area contributed by atoms with Crippen LogP contribution in [0.5, 0.6) is 0 Å². The van der Waals surface area contributed by atoms with Crippen LogP contribution < -0.4 is 10.2 Å². The molecule has 3 rings (SSSR count). The molecule has 1 aromatic rings. The molecule has 0 aromatic carbocycles. The van der Waals surface area contributed by atoms with Crippen LogP contribution in [0, 0.1) is 5.92 Å². The zero-order valence-electron chi connectivity index (χ0n) is 13.1. The quantitative estimate of drug-likeness (QED) is 0.911. The summed E-state index contributed by atoms with van der Waals surface area (Å²) in [5.74, 6) is 1.86. The van der Waals surface area contributed by atoms with E-state index < -0.39 is 0 Å². The first-order chi connectivity index (χ1) is 10.1. The highest BCUT2D eigenvalue weighted by Crippen LogP contribution is 2.40. The van der Waals surface area contributed by atoms with Gasteiger partial charge in [-0.3, -0.25) is 0 Å². The van der Waals surface area contributed by atoms with Crippen molar-refractivity contribution in [2.45, 2.75) is 64.6 Å². The fourth-order valence-corrected chi connectivity index (χ4v) is 4.11. The van der Waals surface area contributed by atoms with E-state index in [1.807, 2.05) is 6.20 Å². The summed E-state index contributed by atoms with van der Waals surface area (Å²) in [6.45, 7) is 6.24. The summed E-state index contributed by atoms with van der Waals surface area (Å²) in [7, 11) is 0. The Kier molecular flexibility index (Phi) is 4.70. The second-order valence-electron chi connectivity index (χ2n) is 6.78. The molecule has 0 amide bonds. The Labute approximate surface area is 133 Å². The molecule has 1 N–H and O–H groups in total. The highest BCUT2D eigenvalue weighted by atomic mass is 35.5. The number of hydrogen-bond acceptors (Lipinski definition) is 3. The molecule has 0 bridgehead atoms. The maximum Gasteiger partial charge on any atom is 0.147 e. The lowest BCUT2D eigenvalue weighted by Crippen LogP contribution is -2.43. The Balaban J connectivity index is 1.75. The monoisotopic (exact) mass is 307 g/mol. The van der Waals surface area contributed by atoms with Crippen molar-refractivity contribution < 1.29 is 0 Å². The molecule has 2 heterocycles. The summed E-state index contributed by atoms with van der Waals surface area (Å²) in [6, 6.07) is 3.23. The van der Waals surface area contributed by atoms with Crippen LogP contribution in [0.15, 0.2) is 12.3 Å². The van der Waals surface area contributed by atoms with Crippen molar-refractivity contribution >= 4 is 17.4 Å². The van der Waals surface area contributed by atoms with E-state index in [1.165, 1.54) is 32.1 Å². The van der Waals surface area contributed by atoms with Gasteiger partial charge in [-0.25, -0.2) is 4.98 Å². The predicted molar refractivity (Wildman–Crippen MR) is 88.9 cm³/mol. The number of nitrogens with zero attached hydrogens (tertiary/aromatic N) is 2. The first-order valence-electron chi connectivity index (χ1n) is 8.29. The number of nitrogens with one attached hydrogen (secondary N) is 1. The van der Waals surface area contributed by atoms with E-state index in [2.05, 4.69) is 30.1 Å². The molecule has 2 fully saturated rings. The Bertz CT molecular complexity index is 489. The van der Waals surface area contributed by atoms with Gasteiger partial charge >= 0.3 is 0 Å². The summed E-state index contributed by atoms with van der Waals surface area (Å²) < 4.78 is 0. The number of aromatic nitrogens is 1. The largest absolute Gasteiger partial charge is 0.352 e. The number of anilines is 1. The number of piperidine rings is 1. The second-order valence-corrected chi connectivity index (χ2v) is 7.19. The topological polar surface area (TPSA) is 28.2 Å². The molecular formula is C17H26ClN3. The molecule has 0 radical (unpaired) electrons. The van der Waals surface area contributed by atoms with Gasteiger partial charge in [-0.1, -0.05) is 31.9 Å². The maximum absolute atomic E-state index is 6.54. The lowest BCUT2D eigenvalue weighted by Gasteiger charge is -2.39. The zero-order chi connectivity index (χ0) is 14.8. The molecule has 2 aliphatic rings. The Morgan fingerprint density at radius 3 is 2.90 bits per heavy atom. The van der Waals surface area contributed by atoms with Crippen molar-refractivity contribution in [1.82, 2.24) is 10.3 Å². The summed E-state index contributed by atoms with van der Waals surface area (Å²) in [6.07, 6.45) is 8.69. The predicted octanol–water partition coefficient (Wildman–Crippen LogP) is 4.00. The summed E-state index contributed by atoms with van der Waals surface area (Å²) >= 11 is 6.54. The molecule has 116 valence electrons. The molecule has 1 saturated carbocycles. The lowest BCUT2D eigenvalue weighted by atomic mass is 9.92. The van der Waals surface area contributed by atoms with Crippen molar-refractivity contribution in [3.8, 4) is 0 Å². The second kappa shape index (κ2) is 6.53. The molecule has 1 aliphatic heterocycles. The van der Waals surface area contributed by atoms with Crippen LogP contribution in [-0.2, 0) is 6.54 Å². The van der Waals surface area contributed by atoms with Crippen molar-refractivity contribution in [3.05, 3.63) is 22.8 Å². The van der Waals surface area contributed by atoms with Gasteiger partial charge in [-0.2, -0.15) is 0 Å². The molecular weight excluding hydrogens is 282 g/mol. The third kappa shape index (κ3) is 3.35. The first-order valence-corrected chi connectivity index (χ1v) is 8.67. The van der Waals surface area contributed by atoms with Crippen molar-refractivity contribution in [1.29, 1.82) is 0 Å².